The van der Waals surface area contributed by atoms with Gasteiger partial charge in [0.25, 0.3) is 5.91 Å². The van der Waals surface area contributed by atoms with Gasteiger partial charge in [-0.3, -0.25) is 9.59 Å². The summed E-state index contributed by atoms with van der Waals surface area (Å²) in [6, 6.07) is 15.5. The molecule has 0 saturated heterocycles. The fourth-order valence-corrected chi connectivity index (χ4v) is 5.89. The van der Waals surface area contributed by atoms with E-state index >= 15 is 0 Å². The molecule has 0 atom stereocenters. The van der Waals surface area contributed by atoms with Crippen molar-refractivity contribution in [2.24, 2.45) is 0 Å². The van der Waals surface area contributed by atoms with Crippen LogP contribution in [0, 0.1) is 19.7 Å². The van der Waals surface area contributed by atoms with Crippen molar-refractivity contribution in [3.05, 3.63) is 93.9 Å². The number of aromatic amines is 1. The maximum absolute atomic E-state index is 13.8. The smallest absolute Gasteiger partial charge is 0.269 e. The molecule has 4 aromatic rings. The third-order valence-electron chi connectivity index (χ3n) is 5.56. The lowest BCUT2D eigenvalue weighted by molar-refractivity contribution is -0.120. The number of sulfone groups is 1. The molecule has 3 aromatic carbocycles. The van der Waals surface area contributed by atoms with E-state index in [4.69, 9.17) is 11.6 Å². The van der Waals surface area contributed by atoms with E-state index in [1.165, 1.54) is 36.4 Å². The van der Waals surface area contributed by atoms with Gasteiger partial charge in [-0.1, -0.05) is 35.9 Å². The third kappa shape index (κ3) is 5.27. The maximum Gasteiger partial charge on any atom is 0.269 e. The van der Waals surface area contributed by atoms with Crippen LogP contribution < -0.4 is 10.6 Å². The molecule has 1 aromatic heterocycles. The van der Waals surface area contributed by atoms with Gasteiger partial charge in [0.2, 0.25) is 15.7 Å². The van der Waals surface area contributed by atoms with Crippen LogP contribution in [-0.4, -0.2) is 31.8 Å². The molecule has 0 unspecified atom stereocenters. The normalized spacial score (nSPS) is 11.4. The zero-order chi connectivity index (χ0) is 26.0. The summed E-state index contributed by atoms with van der Waals surface area (Å²) in [5.41, 5.74) is 1.99. The van der Waals surface area contributed by atoms with Crippen molar-refractivity contribution < 1.29 is 22.4 Å². The Kier molecular flexibility index (Phi) is 7.14. The van der Waals surface area contributed by atoms with Gasteiger partial charge in [-0.2, -0.15) is 0 Å². The number of fused-ring (bicyclic) bond motifs is 1. The van der Waals surface area contributed by atoms with Crippen molar-refractivity contribution >= 4 is 44.2 Å². The first-order valence-electron chi connectivity index (χ1n) is 11.0. The number of amides is 2. The van der Waals surface area contributed by atoms with E-state index in [9.17, 15) is 22.4 Å². The summed E-state index contributed by atoms with van der Waals surface area (Å²) in [4.78, 5) is 28.0. The molecule has 10 heteroatoms. The fraction of sp³-hybridized carbons (Fsp3) is 0.154. The minimum absolute atomic E-state index is 0.0394. The molecule has 36 heavy (non-hydrogen) atoms. The second-order valence-corrected chi connectivity index (χ2v) is 10.7. The Morgan fingerprint density at radius 1 is 0.972 bits per heavy atom. The third-order valence-corrected chi connectivity index (χ3v) is 7.61. The van der Waals surface area contributed by atoms with Crippen molar-refractivity contribution in [3.8, 4) is 0 Å². The molecule has 0 fully saturated rings. The minimum Gasteiger partial charge on any atom is -0.350 e. The summed E-state index contributed by atoms with van der Waals surface area (Å²) >= 11 is 6.14. The number of aryl methyl sites for hydroxylation is 2. The molecule has 1 heterocycles. The molecule has 7 nitrogen and oxygen atoms in total. The number of hydrogen-bond acceptors (Lipinski definition) is 4. The predicted octanol–water partition coefficient (Wildman–Crippen LogP) is 4.46. The van der Waals surface area contributed by atoms with E-state index in [1.54, 1.807) is 32.0 Å². The van der Waals surface area contributed by atoms with Gasteiger partial charge in [0.1, 0.15) is 16.4 Å². The number of carbonyl (C=O) groups excluding carboxylic acids is 2. The van der Waals surface area contributed by atoms with Crippen molar-refractivity contribution in [1.82, 2.24) is 15.6 Å². The second-order valence-electron chi connectivity index (χ2n) is 8.40. The van der Waals surface area contributed by atoms with Crippen LogP contribution in [0.1, 0.15) is 27.2 Å². The van der Waals surface area contributed by atoms with Crippen LogP contribution in [-0.2, 0) is 21.2 Å². The number of hydrogen-bond donors (Lipinski definition) is 3. The molecule has 0 aliphatic carbocycles. The number of carbonyl (C=O) groups is 2. The van der Waals surface area contributed by atoms with E-state index < -0.39 is 34.0 Å². The highest BCUT2D eigenvalue weighted by atomic mass is 35.5. The number of halogens is 2. The van der Waals surface area contributed by atoms with Crippen molar-refractivity contribution in [2.45, 2.75) is 30.2 Å². The molecule has 3 N–H and O–H groups in total. The maximum atomic E-state index is 13.8. The molecular formula is C26H23ClFN3O4S. The molecular weight excluding hydrogens is 505 g/mol. The summed E-state index contributed by atoms with van der Waals surface area (Å²) in [6.07, 6.45) is 0. The Morgan fingerprint density at radius 2 is 1.67 bits per heavy atom. The first-order chi connectivity index (χ1) is 17.1. The van der Waals surface area contributed by atoms with Gasteiger partial charge in [-0.15, -0.1) is 0 Å². The van der Waals surface area contributed by atoms with Crippen LogP contribution >= 0.6 is 11.6 Å². The van der Waals surface area contributed by atoms with Gasteiger partial charge in [0.15, 0.2) is 0 Å². The van der Waals surface area contributed by atoms with Crippen LogP contribution in [0.25, 0.3) is 10.9 Å². The largest absolute Gasteiger partial charge is 0.350 e. The standard InChI is InChI=1S/C26H23ClFN3O4S/c1-15-9-16(2)11-19(10-15)36(34,35)25-20-12-18(27)7-8-22(20)31-24(25)26(33)30-14-23(32)29-13-17-5-3-4-6-21(17)28/h3-12,31H,13-14H2,1-2H3,(H,29,32)(H,30,33). The zero-order valence-electron chi connectivity index (χ0n) is 19.5. The molecule has 0 aliphatic rings. The van der Waals surface area contributed by atoms with Gasteiger partial charge in [-0.05, 0) is 61.4 Å². The van der Waals surface area contributed by atoms with E-state index in [1.807, 2.05) is 6.07 Å². The highest BCUT2D eigenvalue weighted by Gasteiger charge is 2.30. The average molecular weight is 528 g/mol. The number of H-pyrrole nitrogens is 1. The first kappa shape index (κ1) is 25.4. The van der Waals surface area contributed by atoms with Crippen LogP contribution in [0.5, 0.6) is 0 Å². The van der Waals surface area contributed by atoms with Gasteiger partial charge in [0.05, 0.1) is 11.4 Å². The topological polar surface area (TPSA) is 108 Å². The molecule has 2 amide bonds. The highest BCUT2D eigenvalue weighted by molar-refractivity contribution is 7.91. The summed E-state index contributed by atoms with van der Waals surface area (Å²) < 4.78 is 41.2. The van der Waals surface area contributed by atoms with Crippen LogP contribution in [0.2, 0.25) is 5.02 Å². The second kappa shape index (κ2) is 10.1. The van der Waals surface area contributed by atoms with Gasteiger partial charge < -0.3 is 15.6 Å². The monoisotopic (exact) mass is 527 g/mol. The van der Waals surface area contributed by atoms with Crippen molar-refractivity contribution in [1.29, 1.82) is 0 Å². The summed E-state index contributed by atoms with van der Waals surface area (Å²) in [6.45, 7) is 3.07. The molecule has 186 valence electrons. The fourth-order valence-electron chi connectivity index (χ4n) is 3.93. The zero-order valence-corrected chi connectivity index (χ0v) is 21.1. The summed E-state index contributed by atoms with van der Waals surface area (Å²) in [7, 11) is -4.14. The number of benzene rings is 3. The average Bonchev–Trinajstić information content (AvgIpc) is 3.21. The molecule has 4 rings (SSSR count). The van der Waals surface area contributed by atoms with E-state index in [0.717, 1.165) is 11.1 Å². The lowest BCUT2D eigenvalue weighted by Crippen LogP contribution is -2.37. The minimum atomic E-state index is -4.14. The molecule has 0 spiro atoms. The highest BCUT2D eigenvalue weighted by Crippen LogP contribution is 2.34. The lowest BCUT2D eigenvalue weighted by atomic mass is 10.2. The Bertz CT molecular complexity index is 1580. The molecule has 0 bridgehead atoms. The molecule has 0 radical (unpaired) electrons. The number of rotatable bonds is 7. The van der Waals surface area contributed by atoms with Gasteiger partial charge in [0, 0.05) is 28.0 Å². The summed E-state index contributed by atoms with van der Waals surface area (Å²) in [5.74, 6) is -1.81. The van der Waals surface area contributed by atoms with Gasteiger partial charge in [-0.25, -0.2) is 12.8 Å². The van der Waals surface area contributed by atoms with Crippen molar-refractivity contribution in [2.75, 3.05) is 6.54 Å². The molecule has 0 aliphatic heterocycles. The first-order valence-corrected chi connectivity index (χ1v) is 12.9. The number of nitrogens with one attached hydrogen (secondary N) is 3. The van der Waals surface area contributed by atoms with Crippen molar-refractivity contribution in [3.63, 3.8) is 0 Å². The Labute approximate surface area is 212 Å². The Hall–Kier alpha value is -3.69. The van der Waals surface area contributed by atoms with E-state index in [2.05, 4.69) is 15.6 Å². The van der Waals surface area contributed by atoms with Crippen LogP contribution in [0.4, 0.5) is 4.39 Å². The van der Waals surface area contributed by atoms with E-state index in [-0.39, 0.29) is 27.4 Å². The molecule has 0 saturated carbocycles. The van der Waals surface area contributed by atoms with E-state index in [0.29, 0.717) is 16.1 Å². The quantitative estimate of drug-likeness (QED) is 0.330. The van der Waals surface area contributed by atoms with Crippen LogP contribution in [0.15, 0.2) is 70.5 Å². The lowest BCUT2D eigenvalue weighted by Gasteiger charge is -2.10. The van der Waals surface area contributed by atoms with Gasteiger partial charge >= 0.3 is 0 Å². The predicted molar refractivity (Wildman–Crippen MR) is 135 cm³/mol. The Balaban J connectivity index is 1.63. The summed E-state index contributed by atoms with van der Waals surface area (Å²) in [5, 5.41) is 5.53. The number of aromatic nitrogens is 1. The van der Waals surface area contributed by atoms with Crippen LogP contribution in [0.3, 0.4) is 0 Å². The SMILES string of the molecule is Cc1cc(C)cc(S(=O)(=O)c2c(C(=O)NCC(=O)NCc3ccccc3F)[nH]c3ccc(Cl)cc23)c1. The Morgan fingerprint density at radius 3 is 2.36 bits per heavy atom.